The van der Waals surface area contributed by atoms with Gasteiger partial charge in [0.2, 0.25) is 0 Å². The van der Waals surface area contributed by atoms with Gasteiger partial charge in [-0.25, -0.2) is 24.2 Å². The van der Waals surface area contributed by atoms with Crippen LogP contribution in [0.15, 0.2) is 54.4 Å². The van der Waals surface area contributed by atoms with Gasteiger partial charge in [-0.2, -0.15) is 0 Å². The van der Waals surface area contributed by atoms with E-state index in [0.717, 1.165) is 35.3 Å². The number of benzene rings is 1. The molecule has 1 aromatic carbocycles. The van der Waals surface area contributed by atoms with Crippen LogP contribution in [0.25, 0.3) is 0 Å². The molecule has 2 aromatic rings. The predicted octanol–water partition coefficient (Wildman–Crippen LogP) is 3.95. The van der Waals surface area contributed by atoms with Crippen LogP contribution in [0, 0.1) is 0 Å². The maximum Gasteiger partial charge on any atom is 0.345 e. The second kappa shape index (κ2) is 11.6. The summed E-state index contributed by atoms with van der Waals surface area (Å²) in [5, 5.41) is 0. The van der Waals surface area contributed by atoms with Gasteiger partial charge in [-0.05, 0) is 24.3 Å². The fourth-order valence-corrected chi connectivity index (χ4v) is 11.9. The number of methoxy groups -OCH3 is 5. The van der Waals surface area contributed by atoms with Gasteiger partial charge in [0.05, 0.1) is 56.6 Å². The van der Waals surface area contributed by atoms with E-state index in [-0.39, 0.29) is 20.3 Å². The van der Waals surface area contributed by atoms with Gasteiger partial charge in [0, 0.05) is 0 Å². The summed E-state index contributed by atoms with van der Waals surface area (Å²) in [5.41, 5.74) is 0.569. The third kappa shape index (κ3) is 4.88. The Kier molecular flexibility index (Phi) is 8.62. The number of rotatable bonds is 6. The molecular formula is C23H19NO9S5. The molecule has 0 fully saturated rings. The zero-order valence-corrected chi connectivity index (χ0v) is 24.6. The van der Waals surface area contributed by atoms with Crippen LogP contribution < -0.4 is 9.41 Å². The highest BCUT2D eigenvalue weighted by atomic mass is 32.9. The van der Waals surface area contributed by atoms with Crippen molar-refractivity contribution < 1.29 is 42.9 Å². The van der Waals surface area contributed by atoms with Crippen molar-refractivity contribution >= 4 is 85.5 Å². The van der Waals surface area contributed by atoms with E-state index in [1.54, 1.807) is 31.4 Å². The van der Waals surface area contributed by atoms with Gasteiger partial charge in [-0.15, -0.1) is 0 Å². The zero-order valence-electron chi connectivity index (χ0n) is 20.5. The number of hydrogen-bond acceptors (Lipinski definition) is 15. The molecule has 38 heavy (non-hydrogen) atoms. The molecule has 15 heteroatoms. The second-order valence-corrected chi connectivity index (χ2v) is 13.0. The van der Waals surface area contributed by atoms with E-state index < -0.39 is 28.0 Å². The summed E-state index contributed by atoms with van der Waals surface area (Å²) in [4.78, 5) is 57.4. The normalized spacial score (nSPS) is 16.3. The van der Waals surface area contributed by atoms with Gasteiger partial charge in [-0.1, -0.05) is 56.0 Å². The first-order valence-electron chi connectivity index (χ1n) is 10.4. The smallest absolute Gasteiger partial charge is 0.345 e. The monoisotopic (exact) mass is 613 g/mol. The highest BCUT2D eigenvalue weighted by molar-refractivity contribution is 8.25. The summed E-state index contributed by atoms with van der Waals surface area (Å²) in [6, 6.07) is 7.09. The van der Waals surface area contributed by atoms with Crippen molar-refractivity contribution in [1.29, 1.82) is 0 Å². The predicted molar refractivity (Wildman–Crippen MR) is 145 cm³/mol. The van der Waals surface area contributed by atoms with Crippen molar-refractivity contribution in [3.05, 3.63) is 54.1 Å². The molecule has 2 aliphatic heterocycles. The molecule has 1 aromatic heterocycles. The Balaban J connectivity index is 1.99. The molecule has 1 spiro atoms. The van der Waals surface area contributed by atoms with E-state index in [1.165, 1.54) is 49.1 Å². The summed E-state index contributed by atoms with van der Waals surface area (Å²) in [7, 11) is 8.92. The summed E-state index contributed by atoms with van der Waals surface area (Å²) in [5.74, 6) is -2.49. The highest BCUT2D eigenvalue weighted by Crippen LogP contribution is 2.69. The molecule has 0 aliphatic carbocycles. The van der Waals surface area contributed by atoms with Crippen LogP contribution in [0.3, 0.4) is 0 Å². The minimum atomic E-state index is -1.45. The molecule has 2 aliphatic rings. The molecule has 0 saturated carbocycles. The first-order valence-corrected chi connectivity index (χ1v) is 15.0. The molecule has 0 amide bonds. The number of carbonyl (C=O) groups excluding carboxylic acids is 4. The van der Waals surface area contributed by atoms with Gasteiger partial charge in [0.1, 0.15) is 29.2 Å². The third-order valence-electron chi connectivity index (χ3n) is 5.17. The van der Waals surface area contributed by atoms with Crippen molar-refractivity contribution in [1.82, 2.24) is 0 Å². The summed E-state index contributed by atoms with van der Waals surface area (Å²) >= 11 is 2.85. The Morgan fingerprint density at radius 3 is 1.74 bits per heavy atom. The lowest BCUT2D eigenvalue weighted by atomic mass is 10.1. The van der Waals surface area contributed by atoms with Crippen molar-refractivity contribution in [3.8, 4) is 5.75 Å². The van der Waals surface area contributed by atoms with Crippen LogP contribution >= 0.6 is 56.0 Å². The maximum atomic E-state index is 13.2. The van der Waals surface area contributed by atoms with Crippen LogP contribution in [0.4, 0.5) is 5.69 Å². The minimum Gasteiger partial charge on any atom is -0.497 e. The molecule has 0 unspecified atom stereocenters. The maximum absolute atomic E-state index is 13.2. The SMILES string of the molecule is COC(=O)C1=C(C(=O)OC)SC2(S1)C(C(=O)OC)=C(C(=O)OC)Sc1c2ssc1=Nc1ccc(OC)cc1. The zero-order chi connectivity index (χ0) is 27.6. The van der Waals surface area contributed by atoms with Gasteiger partial charge in [0.25, 0.3) is 0 Å². The molecule has 4 rings (SSSR count). The van der Waals surface area contributed by atoms with Crippen molar-refractivity contribution in [2.45, 2.75) is 8.97 Å². The molecule has 0 radical (unpaired) electrons. The van der Waals surface area contributed by atoms with Gasteiger partial charge >= 0.3 is 23.9 Å². The molecule has 0 saturated heterocycles. The van der Waals surface area contributed by atoms with Crippen LogP contribution in [0.5, 0.6) is 5.75 Å². The number of carbonyl (C=O) groups is 4. The van der Waals surface area contributed by atoms with Crippen LogP contribution in [0.1, 0.15) is 4.88 Å². The minimum absolute atomic E-state index is 0.0426. The van der Waals surface area contributed by atoms with E-state index in [2.05, 4.69) is 0 Å². The van der Waals surface area contributed by atoms with Crippen molar-refractivity contribution in [2.24, 2.45) is 4.99 Å². The van der Waals surface area contributed by atoms with Crippen molar-refractivity contribution in [2.75, 3.05) is 35.5 Å². The number of ether oxygens (including phenoxy) is 5. The summed E-state index contributed by atoms with van der Waals surface area (Å²) in [6.45, 7) is 0. The second-order valence-electron chi connectivity index (χ2n) is 7.19. The molecule has 0 bridgehead atoms. The Labute approximate surface area is 236 Å². The number of thioether (sulfide) groups is 3. The molecule has 0 atom stereocenters. The first-order chi connectivity index (χ1) is 18.2. The number of fused-ring (bicyclic) bond motifs is 2. The molecule has 10 nitrogen and oxygen atoms in total. The number of hydrogen-bond donors (Lipinski definition) is 0. The largest absolute Gasteiger partial charge is 0.497 e. The molecule has 0 N–H and O–H groups in total. The number of esters is 4. The average molecular weight is 614 g/mol. The van der Waals surface area contributed by atoms with Crippen LogP contribution in [-0.4, -0.2) is 59.4 Å². The fourth-order valence-electron chi connectivity index (χ4n) is 3.42. The Hall–Kier alpha value is -2.72. The molecule has 200 valence electrons. The summed E-state index contributed by atoms with van der Waals surface area (Å²) < 4.78 is 24.2. The van der Waals surface area contributed by atoms with Gasteiger partial charge in [-0.3, -0.25) is 0 Å². The first kappa shape index (κ1) is 28.3. The lowest BCUT2D eigenvalue weighted by Gasteiger charge is -2.33. The van der Waals surface area contributed by atoms with Gasteiger partial charge < -0.3 is 23.7 Å². The third-order valence-corrected chi connectivity index (χ3v) is 12.5. The van der Waals surface area contributed by atoms with Gasteiger partial charge in [0.15, 0.2) is 0 Å². The van der Waals surface area contributed by atoms with E-state index in [4.69, 9.17) is 28.7 Å². The molecule has 3 heterocycles. The molecular weight excluding hydrogens is 595 g/mol. The lowest BCUT2D eigenvalue weighted by molar-refractivity contribution is -0.139. The van der Waals surface area contributed by atoms with E-state index in [0.29, 0.717) is 25.9 Å². The van der Waals surface area contributed by atoms with Crippen molar-refractivity contribution in [3.63, 3.8) is 0 Å². The Morgan fingerprint density at radius 1 is 0.711 bits per heavy atom. The van der Waals surface area contributed by atoms with E-state index in [9.17, 15) is 19.2 Å². The number of nitrogens with zero attached hydrogens (tertiary/aromatic N) is 1. The lowest BCUT2D eigenvalue weighted by Crippen LogP contribution is -2.32. The average Bonchev–Trinajstić information content (AvgIpc) is 3.54. The summed E-state index contributed by atoms with van der Waals surface area (Å²) in [6.07, 6.45) is 0. The fraction of sp³-hybridized carbons (Fsp3) is 0.261. The Morgan fingerprint density at radius 2 is 1.24 bits per heavy atom. The van der Waals surface area contributed by atoms with E-state index in [1.807, 2.05) is 0 Å². The van der Waals surface area contributed by atoms with Crippen LogP contribution in [-0.2, 0) is 42.2 Å². The van der Waals surface area contributed by atoms with Crippen LogP contribution in [0.2, 0.25) is 0 Å². The topological polar surface area (TPSA) is 127 Å². The highest BCUT2D eigenvalue weighted by Gasteiger charge is 2.58. The Bertz CT molecular complexity index is 1420. The quantitative estimate of drug-likeness (QED) is 0.266. The standard InChI is InChI=1S/C23H19NO9S5/c1-29-11-8-6-10(7-9-11)24-18-16-17(37-38-18)23(12(19(25)30-2)13(34-16)20(26)31-3)35-14(21(27)32-4)15(36-23)22(28)33-5/h6-9H,1-5H3. The van der Waals surface area contributed by atoms with E-state index >= 15 is 0 Å².